The van der Waals surface area contributed by atoms with Crippen LogP contribution >= 0.6 is 0 Å². The molecule has 1 saturated carbocycles. The van der Waals surface area contributed by atoms with Crippen LogP contribution in [0.3, 0.4) is 0 Å². The van der Waals surface area contributed by atoms with Crippen molar-refractivity contribution in [2.45, 2.75) is 38.3 Å². The fourth-order valence-corrected chi connectivity index (χ4v) is 2.96. The standard InChI is InChI=1S/C17H18N4O/c1-11-8-12-4-2-3-5-15(12)21(11)16-10-18-14(9-19-16)17(22)20-13-6-7-13/h2-5,9-11,13H,6-8H2,1H3,(H,20,22). The molecule has 1 aromatic heterocycles. The molecule has 5 nitrogen and oxygen atoms in total. The van der Waals surface area contributed by atoms with Crippen LogP contribution in [-0.4, -0.2) is 28.0 Å². The maximum absolute atomic E-state index is 12.0. The van der Waals surface area contributed by atoms with E-state index < -0.39 is 0 Å². The van der Waals surface area contributed by atoms with Gasteiger partial charge in [-0.1, -0.05) is 18.2 Å². The van der Waals surface area contributed by atoms with Crippen LogP contribution in [0.1, 0.15) is 35.8 Å². The number of aromatic nitrogens is 2. The summed E-state index contributed by atoms with van der Waals surface area (Å²) in [6, 6.07) is 9.03. The molecule has 2 aliphatic rings. The third-order valence-corrected chi connectivity index (χ3v) is 4.24. The van der Waals surface area contributed by atoms with Gasteiger partial charge in [-0.25, -0.2) is 9.97 Å². The Morgan fingerprint density at radius 1 is 1.23 bits per heavy atom. The maximum Gasteiger partial charge on any atom is 0.271 e. The van der Waals surface area contributed by atoms with Crippen LogP contribution in [0.25, 0.3) is 0 Å². The summed E-state index contributed by atoms with van der Waals surface area (Å²) in [4.78, 5) is 22.9. The van der Waals surface area contributed by atoms with Crippen LogP contribution in [0.4, 0.5) is 11.5 Å². The molecule has 4 rings (SSSR count). The van der Waals surface area contributed by atoms with Crippen molar-refractivity contribution in [3.8, 4) is 0 Å². The van der Waals surface area contributed by atoms with Gasteiger partial charge < -0.3 is 10.2 Å². The first kappa shape index (κ1) is 13.2. The molecule has 112 valence electrons. The van der Waals surface area contributed by atoms with E-state index in [1.165, 1.54) is 11.3 Å². The molecule has 1 atom stereocenters. The number of benzene rings is 1. The Balaban J connectivity index is 1.59. The molecule has 1 aromatic carbocycles. The highest BCUT2D eigenvalue weighted by Gasteiger charge is 2.28. The lowest BCUT2D eigenvalue weighted by Crippen LogP contribution is -2.28. The van der Waals surface area contributed by atoms with Crippen LogP contribution in [0.2, 0.25) is 0 Å². The molecule has 2 aromatic rings. The molecule has 0 spiro atoms. The average molecular weight is 294 g/mol. The predicted octanol–water partition coefficient (Wildman–Crippen LogP) is 2.45. The second kappa shape index (κ2) is 5.09. The number of amides is 1. The van der Waals surface area contributed by atoms with Gasteiger partial charge >= 0.3 is 0 Å². The van der Waals surface area contributed by atoms with E-state index in [0.717, 1.165) is 25.1 Å². The lowest BCUT2D eigenvalue weighted by Gasteiger charge is -2.23. The zero-order chi connectivity index (χ0) is 15.1. The molecule has 1 amide bonds. The molecule has 0 radical (unpaired) electrons. The summed E-state index contributed by atoms with van der Waals surface area (Å²) >= 11 is 0. The van der Waals surface area contributed by atoms with Crippen LogP contribution in [0.5, 0.6) is 0 Å². The number of carbonyl (C=O) groups excluding carboxylic acids is 1. The Labute approximate surface area is 129 Å². The Morgan fingerprint density at radius 3 is 2.77 bits per heavy atom. The first-order chi connectivity index (χ1) is 10.7. The number of para-hydroxylation sites is 1. The first-order valence-electron chi connectivity index (χ1n) is 7.72. The van der Waals surface area contributed by atoms with Gasteiger partial charge in [0.05, 0.1) is 12.4 Å². The summed E-state index contributed by atoms with van der Waals surface area (Å²) in [5.41, 5.74) is 2.89. The molecule has 0 saturated heterocycles. The molecule has 2 heterocycles. The monoisotopic (exact) mass is 294 g/mol. The van der Waals surface area contributed by atoms with E-state index in [-0.39, 0.29) is 5.91 Å². The Morgan fingerprint density at radius 2 is 2.05 bits per heavy atom. The van der Waals surface area contributed by atoms with Crippen LogP contribution in [0, 0.1) is 0 Å². The Bertz CT molecular complexity index is 709. The molecule has 5 heteroatoms. The predicted molar refractivity (Wildman–Crippen MR) is 84.3 cm³/mol. The Hall–Kier alpha value is -2.43. The van der Waals surface area contributed by atoms with Crippen molar-refractivity contribution in [1.29, 1.82) is 0 Å². The van der Waals surface area contributed by atoms with E-state index in [0.29, 0.717) is 17.8 Å². The summed E-state index contributed by atoms with van der Waals surface area (Å²) in [5, 5.41) is 2.93. The third kappa shape index (κ3) is 2.32. The van der Waals surface area contributed by atoms with Crippen molar-refractivity contribution in [2.75, 3.05) is 4.90 Å². The molecule has 22 heavy (non-hydrogen) atoms. The number of nitrogens with zero attached hydrogens (tertiary/aromatic N) is 3. The number of hydrogen-bond donors (Lipinski definition) is 1. The quantitative estimate of drug-likeness (QED) is 0.944. The lowest BCUT2D eigenvalue weighted by molar-refractivity contribution is 0.0945. The minimum absolute atomic E-state index is 0.128. The fourth-order valence-electron chi connectivity index (χ4n) is 2.96. The van der Waals surface area contributed by atoms with E-state index >= 15 is 0 Å². The zero-order valence-electron chi connectivity index (χ0n) is 12.5. The summed E-state index contributed by atoms with van der Waals surface area (Å²) in [7, 11) is 0. The number of anilines is 2. The number of hydrogen-bond acceptors (Lipinski definition) is 4. The zero-order valence-corrected chi connectivity index (χ0v) is 12.5. The van der Waals surface area contributed by atoms with Gasteiger partial charge in [0, 0.05) is 17.8 Å². The second-order valence-corrected chi connectivity index (χ2v) is 6.06. The van der Waals surface area contributed by atoms with Gasteiger partial charge in [-0.15, -0.1) is 0 Å². The summed E-state index contributed by atoms with van der Waals surface area (Å²) in [6.07, 6.45) is 6.40. The fraction of sp³-hybridized carbons (Fsp3) is 0.353. The van der Waals surface area contributed by atoms with Crippen LogP contribution < -0.4 is 10.2 Å². The van der Waals surface area contributed by atoms with E-state index in [2.05, 4.69) is 45.3 Å². The first-order valence-corrected chi connectivity index (χ1v) is 7.72. The third-order valence-electron chi connectivity index (χ3n) is 4.24. The van der Waals surface area contributed by atoms with Gasteiger partial charge in [-0.05, 0) is 37.8 Å². The van der Waals surface area contributed by atoms with Gasteiger partial charge in [0.15, 0.2) is 5.82 Å². The molecule has 1 aliphatic carbocycles. The van der Waals surface area contributed by atoms with E-state index in [9.17, 15) is 4.79 Å². The minimum Gasteiger partial charge on any atom is -0.348 e. The SMILES string of the molecule is CC1Cc2ccccc2N1c1cnc(C(=O)NC2CC2)cn1. The van der Waals surface area contributed by atoms with Crippen molar-refractivity contribution in [3.05, 3.63) is 47.9 Å². The van der Waals surface area contributed by atoms with Gasteiger partial charge in [0.25, 0.3) is 5.91 Å². The van der Waals surface area contributed by atoms with Gasteiger partial charge in [-0.3, -0.25) is 4.79 Å². The topological polar surface area (TPSA) is 58.1 Å². The molecule has 1 unspecified atom stereocenters. The van der Waals surface area contributed by atoms with E-state index in [1.54, 1.807) is 12.4 Å². The molecular weight excluding hydrogens is 276 g/mol. The second-order valence-electron chi connectivity index (χ2n) is 6.06. The van der Waals surface area contributed by atoms with Crippen LogP contribution in [-0.2, 0) is 6.42 Å². The highest BCUT2D eigenvalue weighted by atomic mass is 16.2. The largest absolute Gasteiger partial charge is 0.348 e. The molecule has 1 fully saturated rings. The van der Waals surface area contributed by atoms with Crippen LogP contribution in [0.15, 0.2) is 36.7 Å². The molecule has 1 aliphatic heterocycles. The van der Waals surface area contributed by atoms with Crippen molar-refractivity contribution in [2.24, 2.45) is 0 Å². The molecular formula is C17H18N4O. The number of fused-ring (bicyclic) bond motifs is 1. The minimum atomic E-state index is -0.128. The summed E-state index contributed by atoms with van der Waals surface area (Å²) in [6.45, 7) is 2.18. The number of carbonyl (C=O) groups is 1. The molecule has 0 bridgehead atoms. The highest BCUT2D eigenvalue weighted by molar-refractivity contribution is 5.92. The van der Waals surface area contributed by atoms with Gasteiger partial charge in [-0.2, -0.15) is 0 Å². The van der Waals surface area contributed by atoms with Crippen molar-refractivity contribution in [1.82, 2.24) is 15.3 Å². The van der Waals surface area contributed by atoms with E-state index in [4.69, 9.17) is 0 Å². The van der Waals surface area contributed by atoms with Crippen molar-refractivity contribution in [3.63, 3.8) is 0 Å². The normalized spacial score (nSPS) is 19.9. The van der Waals surface area contributed by atoms with Gasteiger partial charge in [0.2, 0.25) is 0 Å². The van der Waals surface area contributed by atoms with Crippen molar-refractivity contribution < 1.29 is 4.79 Å². The lowest BCUT2D eigenvalue weighted by atomic mass is 10.1. The number of nitrogens with one attached hydrogen (secondary N) is 1. The molecule has 1 N–H and O–H groups in total. The highest BCUT2D eigenvalue weighted by Crippen LogP contribution is 2.36. The Kier molecular flexibility index (Phi) is 3.06. The summed E-state index contributed by atoms with van der Waals surface area (Å²) < 4.78 is 0. The van der Waals surface area contributed by atoms with Crippen molar-refractivity contribution >= 4 is 17.4 Å². The summed E-state index contributed by atoms with van der Waals surface area (Å²) in [5.74, 6) is 0.664. The smallest absolute Gasteiger partial charge is 0.271 e. The maximum atomic E-state index is 12.0. The van der Waals surface area contributed by atoms with E-state index in [1.807, 2.05) is 6.07 Å². The number of rotatable bonds is 3. The van der Waals surface area contributed by atoms with Gasteiger partial charge in [0.1, 0.15) is 5.69 Å². The average Bonchev–Trinajstić information content (AvgIpc) is 3.27.